The summed E-state index contributed by atoms with van der Waals surface area (Å²) in [5, 5.41) is 1.34. The fourth-order valence-corrected chi connectivity index (χ4v) is 6.05. The minimum absolute atomic E-state index is 0.165. The van der Waals surface area contributed by atoms with E-state index in [1.54, 1.807) is 0 Å². The quantitative estimate of drug-likeness (QED) is 0.574. The third-order valence-electron chi connectivity index (χ3n) is 7.85. The van der Waals surface area contributed by atoms with Crippen molar-refractivity contribution in [3.8, 4) is 0 Å². The van der Waals surface area contributed by atoms with Crippen LogP contribution in [0.25, 0.3) is 10.9 Å². The average Bonchev–Trinajstić information content (AvgIpc) is 3.15. The van der Waals surface area contributed by atoms with Crippen molar-refractivity contribution in [2.75, 3.05) is 26.7 Å². The topological polar surface area (TPSA) is 39.3 Å². The van der Waals surface area contributed by atoms with Gasteiger partial charge >= 0.3 is 0 Å². The molecule has 1 saturated carbocycles. The number of H-pyrrole nitrogens is 1. The lowest BCUT2D eigenvalue weighted by Crippen LogP contribution is -2.46. The third kappa shape index (κ3) is 4.90. The molecule has 2 heterocycles. The molecule has 32 heavy (non-hydrogen) atoms. The predicted octanol–water partition coefficient (Wildman–Crippen LogP) is 6.03. The summed E-state index contributed by atoms with van der Waals surface area (Å²) in [6.07, 6.45) is 6.74. The zero-order valence-corrected chi connectivity index (χ0v) is 20.9. The lowest BCUT2D eigenvalue weighted by molar-refractivity contribution is -0.141. The largest absolute Gasteiger partial charge is 0.356 e. The van der Waals surface area contributed by atoms with Crippen LogP contribution in [0.2, 0.25) is 0 Å². The zero-order valence-electron chi connectivity index (χ0n) is 20.9. The standard InChI is InChI=1S/C28H43N3O/c1-19(2)14-16-30(5)18-21-10-12-22(13-11-21)28(32)31-17-15-24-23-8-6-7-9-25(23)29-26(24)27(31)20(3)4/h6-9,19-22,27,29H,10-18H2,1-5H3. The molecule has 1 aromatic heterocycles. The normalized spacial score (nSPS) is 24.0. The maximum Gasteiger partial charge on any atom is 0.226 e. The van der Waals surface area contributed by atoms with E-state index >= 15 is 0 Å². The maximum atomic E-state index is 13.7. The number of nitrogens with one attached hydrogen (secondary N) is 1. The summed E-state index contributed by atoms with van der Waals surface area (Å²) in [4.78, 5) is 22.1. The Morgan fingerprint density at radius 1 is 1.12 bits per heavy atom. The first kappa shape index (κ1) is 23.4. The maximum absolute atomic E-state index is 13.7. The van der Waals surface area contributed by atoms with Gasteiger partial charge in [0.25, 0.3) is 0 Å². The number of carbonyl (C=O) groups is 1. The van der Waals surface area contributed by atoms with Gasteiger partial charge in [0, 0.05) is 35.6 Å². The lowest BCUT2D eigenvalue weighted by atomic mass is 9.80. The number of benzene rings is 1. The molecule has 0 spiro atoms. The summed E-state index contributed by atoms with van der Waals surface area (Å²) < 4.78 is 0. The molecule has 1 aliphatic heterocycles. The number of fused-ring (bicyclic) bond motifs is 3. The zero-order chi connectivity index (χ0) is 22.8. The van der Waals surface area contributed by atoms with Crippen molar-refractivity contribution in [3.05, 3.63) is 35.5 Å². The number of carbonyl (C=O) groups excluding carboxylic acids is 1. The minimum Gasteiger partial charge on any atom is -0.356 e. The first-order valence-corrected chi connectivity index (χ1v) is 12.9. The summed E-state index contributed by atoms with van der Waals surface area (Å²) in [5.41, 5.74) is 3.91. The van der Waals surface area contributed by atoms with Gasteiger partial charge in [0.1, 0.15) is 0 Å². The summed E-state index contributed by atoms with van der Waals surface area (Å²) in [6.45, 7) is 12.3. The number of aromatic amines is 1. The molecule has 1 aromatic carbocycles. The smallest absolute Gasteiger partial charge is 0.226 e. The summed E-state index contributed by atoms with van der Waals surface area (Å²) in [5.74, 6) is 2.52. The molecule has 2 aliphatic rings. The van der Waals surface area contributed by atoms with Gasteiger partial charge in [0.2, 0.25) is 5.91 Å². The van der Waals surface area contributed by atoms with E-state index in [0.717, 1.165) is 37.6 Å². The predicted molar refractivity (Wildman–Crippen MR) is 134 cm³/mol. The van der Waals surface area contributed by atoms with Crippen LogP contribution < -0.4 is 0 Å². The molecule has 176 valence electrons. The Balaban J connectivity index is 1.40. The number of amides is 1. The van der Waals surface area contributed by atoms with E-state index in [2.05, 4.69) is 73.8 Å². The molecule has 0 radical (unpaired) electrons. The van der Waals surface area contributed by atoms with Gasteiger partial charge in [-0.1, -0.05) is 45.9 Å². The van der Waals surface area contributed by atoms with Crippen molar-refractivity contribution >= 4 is 16.8 Å². The molecule has 4 rings (SSSR count). The van der Waals surface area contributed by atoms with E-state index in [0.29, 0.717) is 11.8 Å². The van der Waals surface area contributed by atoms with Crippen LogP contribution in [-0.2, 0) is 11.2 Å². The number of rotatable bonds is 7. The number of para-hydroxylation sites is 1. The van der Waals surface area contributed by atoms with Crippen LogP contribution in [0.3, 0.4) is 0 Å². The third-order valence-corrected chi connectivity index (χ3v) is 7.85. The van der Waals surface area contributed by atoms with Crippen molar-refractivity contribution in [1.82, 2.24) is 14.8 Å². The van der Waals surface area contributed by atoms with E-state index < -0.39 is 0 Å². The Bertz CT molecular complexity index is 907. The first-order chi connectivity index (χ1) is 15.3. The van der Waals surface area contributed by atoms with E-state index in [9.17, 15) is 4.79 Å². The van der Waals surface area contributed by atoms with Crippen molar-refractivity contribution < 1.29 is 4.79 Å². The monoisotopic (exact) mass is 437 g/mol. The Morgan fingerprint density at radius 2 is 1.84 bits per heavy atom. The summed E-state index contributed by atoms with van der Waals surface area (Å²) in [7, 11) is 2.26. The van der Waals surface area contributed by atoms with Gasteiger partial charge in [-0.3, -0.25) is 4.79 Å². The van der Waals surface area contributed by atoms with Crippen LogP contribution in [-0.4, -0.2) is 47.4 Å². The highest BCUT2D eigenvalue weighted by atomic mass is 16.2. The highest BCUT2D eigenvalue weighted by Gasteiger charge is 2.38. The lowest BCUT2D eigenvalue weighted by Gasteiger charge is -2.41. The Hall–Kier alpha value is -1.81. The highest BCUT2D eigenvalue weighted by molar-refractivity contribution is 5.86. The SMILES string of the molecule is CC(C)CCN(C)CC1CCC(C(=O)N2CCc3c([nH]c4ccccc34)C2C(C)C)CC1. The second-order valence-electron chi connectivity index (χ2n) is 11.2. The van der Waals surface area contributed by atoms with Gasteiger partial charge in [-0.2, -0.15) is 0 Å². The second kappa shape index (κ2) is 9.99. The van der Waals surface area contributed by atoms with Gasteiger partial charge < -0.3 is 14.8 Å². The number of nitrogens with zero attached hydrogens (tertiary/aromatic N) is 2. The molecule has 2 aromatic rings. The average molecular weight is 438 g/mol. The van der Waals surface area contributed by atoms with E-state index in [1.807, 2.05) is 0 Å². The van der Waals surface area contributed by atoms with Crippen LogP contribution in [0, 0.1) is 23.7 Å². The van der Waals surface area contributed by atoms with Gasteiger partial charge in [-0.15, -0.1) is 0 Å². The van der Waals surface area contributed by atoms with Gasteiger partial charge in [0.15, 0.2) is 0 Å². The molecule has 1 atom stereocenters. The van der Waals surface area contributed by atoms with Crippen LogP contribution in [0.5, 0.6) is 0 Å². The van der Waals surface area contributed by atoms with Crippen LogP contribution in [0.15, 0.2) is 24.3 Å². The second-order valence-corrected chi connectivity index (χ2v) is 11.2. The molecule has 1 N–H and O–H groups in total. The Labute approximate surface area is 194 Å². The molecule has 1 unspecified atom stereocenters. The van der Waals surface area contributed by atoms with E-state index in [1.165, 1.54) is 54.5 Å². The minimum atomic E-state index is 0.165. The number of hydrogen-bond donors (Lipinski definition) is 1. The van der Waals surface area contributed by atoms with Crippen molar-refractivity contribution in [1.29, 1.82) is 0 Å². The molecule has 1 fully saturated rings. The van der Waals surface area contributed by atoms with E-state index in [4.69, 9.17) is 0 Å². The van der Waals surface area contributed by atoms with Gasteiger partial charge in [0.05, 0.1) is 6.04 Å². The molecule has 0 saturated heterocycles. The van der Waals surface area contributed by atoms with Crippen LogP contribution >= 0.6 is 0 Å². The van der Waals surface area contributed by atoms with Crippen LogP contribution in [0.4, 0.5) is 0 Å². The molecule has 0 bridgehead atoms. The van der Waals surface area contributed by atoms with Gasteiger partial charge in [-0.05, 0) is 81.5 Å². The van der Waals surface area contributed by atoms with E-state index in [-0.39, 0.29) is 12.0 Å². The molecular formula is C28H43N3O. The van der Waals surface area contributed by atoms with Crippen molar-refractivity contribution in [2.45, 2.75) is 72.3 Å². The summed E-state index contributed by atoms with van der Waals surface area (Å²) in [6, 6.07) is 8.77. The van der Waals surface area contributed by atoms with Gasteiger partial charge in [-0.25, -0.2) is 0 Å². The Kier molecular flexibility index (Phi) is 7.29. The van der Waals surface area contributed by atoms with Crippen molar-refractivity contribution in [2.24, 2.45) is 23.7 Å². The highest BCUT2D eigenvalue weighted by Crippen LogP contribution is 2.40. The number of aromatic nitrogens is 1. The van der Waals surface area contributed by atoms with Crippen molar-refractivity contribution in [3.63, 3.8) is 0 Å². The summed E-state index contributed by atoms with van der Waals surface area (Å²) >= 11 is 0. The molecular weight excluding hydrogens is 394 g/mol. The Morgan fingerprint density at radius 3 is 2.53 bits per heavy atom. The first-order valence-electron chi connectivity index (χ1n) is 12.9. The fraction of sp³-hybridized carbons (Fsp3) is 0.679. The molecule has 1 aliphatic carbocycles. The molecule has 4 nitrogen and oxygen atoms in total. The molecule has 4 heteroatoms. The van der Waals surface area contributed by atoms with Crippen LogP contribution in [0.1, 0.15) is 77.1 Å². The number of hydrogen-bond acceptors (Lipinski definition) is 2. The molecule has 1 amide bonds. The fourth-order valence-electron chi connectivity index (χ4n) is 6.05.